The fourth-order valence-corrected chi connectivity index (χ4v) is 6.06. The molecule has 0 N–H and O–H groups in total. The van der Waals surface area contributed by atoms with Crippen molar-refractivity contribution in [3.63, 3.8) is 0 Å². The van der Waals surface area contributed by atoms with E-state index in [4.69, 9.17) is 38.6 Å². The predicted molar refractivity (Wildman–Crippen MR) is 135 cm³/mol. The van der Waals surface area contributed by atoms with Crippen molar-refractivity contribution >= 4 is 68.7 Å². The van der Waals surface area contributed by atoms with Crippen LogP contribution in [0.3, 0.4) is 0 Å². The van der Waals surface area contributed by atoms with Gasteiger partial charge in [0, 0.05) is 28.1 Å². The maximum atomic E-state index is 6.25. The Hall–Kier alpha value is -1.71. The molecule has 0 amide bonds. The Morgan fingerprint density at radius 2 is 1.94 bits per heavy atom. The summed E-state index contributed by atoms with van der Waals surface area (Å²) in [6.07, 6.45) is 0. The van der Waals surface area contributed by atoms with Crippen LogP contribution in [-0.2, 0) is 0 Å². The summed E-state index contributed by atoms with van der Waals surface area (Å²) in [6.45, 7) is 7.52. The van der Waals surface area contributed by atoms with Crippen LogP contribution >= 0.6 is 46.9 Å². The number of rotatable bonds is 8. The Labute approximate surface area is 200 Å². The van der Waals surface area contributed by atoms with E-state index in [9.17, 15) is 0 Å². The molecule has 0 spiro atoms. The monoisotopic (exact) mass is 490 g/mol. The van der Waals surface area contributed by atoms with E-state index < -0.39 is 0 Å². The van der Waals surface area contributed by atoms with Gasteiger partial charge in [-0.1, -0.05) is 48.5 Å². The predicted octanol–water partition coefficient (Wildman–Crippen LogP) is 6.46. The van der Waals surface area contributed by atoms with E-state index in [1.807, 2.05) is 41.1 Å². The van der Waals surface area contributed by atoms with Crippen molar-refractivity contribution in [2.75, 3.05) is 32.5 Å². The number of methoxy groups -OCH3 is 1. The third-order valence-electron chi connectivity index (χ3n) is 5.18. The van der Waals surface area contributed by atoms with Gasteiger partial charge in [0.15, 0.2) is 8.29 Å². The summed E-state index contributed by atoms with van der Waals surface area (Å²) in [5.41, 5.74) is 2.56. The van der Waals surface area contributed by atoms with Gasteiger partial charge in [0.2, 0.25) is 0 Å². The molecule has 0 saturated heterocycles. The van der Waals surface area contributed by atoms with Gasteiger partial charge in [-0.25, -0.2) is 9.67 Å². The van der Waals surface area contributed by atoms with Crippen molar-refractivity contribution in [1.82, 2.24) is 19.7 Å². The number of ether oxygens (including phenoxy) is 1. The Balaban J connectivity index is 1.82. The van der Waals surface area contributed by atoms with Crippen LogP contribution in [0.25, 0.3) is 27.5 Å². The third-order valence-corrected chi connectivity index (χ3v) is 7.76. The zero-order valence-corrected chi connectivity index (χ0v) is 20.8. The quantitative estimate of drug-likeness (QED) is 0.160. The summed E-state index contributed by atoms with van der Waals surface area (Å²) in [6, 6.07) is 11.6. The van der Waals surface area contributed by atoms with Crippen molar-refractivity contribution in [3.05, 3.63) is 45.4 Å². The molecular weight excluding hydrogens is 468 g/mol. The summed E-state index contributed by atoms with van der Waals surface area (Å²) in [4.78, 5) is 7.21. The molecular formula is C22H23ClN4OS3. The first-order valence-corrected chi connectivity index (χ1v) is 12.7. The van der Waals surface area contributed by atoms with E-state index in [1.165, 1.54) is 11.3 Å². The minimum absolute atomic E-state index is 0.647. The molecule has 4 rings (SSSR count). The van der Waals surface area contributed by atoms with Crippen LogP contribution < -0.4 is 4.74 Å². The van der Waals surface area contributed by atoms with Gasteiger partial charge in [0.1, 0.15) is 5.75 Å². The molecule has 0 saturated carbocycles. The molecule has 0 bridgehead atoms. The summed E-state index contributed by atoms with van der Waals surface area (Å²) in [5, 5.41) is 7.42. The van der Waals surface area contributed by atoms with E-state index in [0.29, 0.717) is 8.98 Å². The second-order valence-electron chi connectivity index (χ2n) is 6.93. The first-order valence-electron chi connectivity index (χ1n) is 10.1. The molecule has 0 unspecified atom stereocenters. The number of thioether (sulfide) groups is 1. The highest BCUT2D eigenvalue weighted by atomic mass is 35.5. The number of benzene rings is 2. The largest absolute Gasteiger partial charge is 0.497 e. The topological polar surface area (TPSA) is 43.2 Å². The zero-order valence-electron chi connectivity index (χ0n) is 17.6. The first-order chi connectivity index (χ1) is 15.0. The molecule has 0 aliphatic rings. The van der Waals surface area contributed by atoms with Crippen molar-refractivity contribution in [2.24, 2.45) is 0 Å². The number of halogens is 1. The van der Waals surface area contributed by atoms with E-state index in [0.717, 1.165) is 63.0 Å². The van der Waals surface area contributed by atoms with E-state index in [2.05, 4.69) is 18.7 Å². The Morgan fingerprint density at radius 3 is 2.68 bits per heavy atom. The lowest BCUT2D eigenvalue weighted by atomic mass is 10.1. The molecule has 31 heavy (non-hydrogen) atoms. The van der Waals surface area contributed by atoms with Crippen LogP contribution in [0.2, 0.25) is 5.02 Å². The third kappa shape index (κ3) is 4.73. The molecule has 4 aromatic rings. The SMILES string of the molecule is CCN(CC)CCSc1nn(-c2c3ccc(Cl)cc3nc3ccc(OC)cc23)c(=S)s1. The fraction of sp³-hybridized carbons (Fsp3) is 0.318. The molecule has 0 fully saturated rings. The number of aromatic nitrogens is 3. The molecule has 2 heterocycles. The van der Waals surface area contributed by atoms with E-state index in [-0.39, 0.29) is 0 Å². The highest BCUT2D eigenvalue weighted by Crippen LogP contribution is 2.34. The normalized spacial score (nSPS) is 11.6. The molecule has 5 nitrogen and oxygen atoms in total. The lowest BCUT2D eigenvalue weighted by Gasteiger charge is -2.16. The lowest BCUT2D eigenvalue weighted by Crippen LogP contribution is -2.25. The smallest absolute Gasteiger partial charge is 0.184 e. The number of hydrogen-bond acceptors (Lipinski definition) is 7. The van der Waals surface area contributed by atoms with Crippen LogP contribution in [0, 0.1) is 3.95 Å². The van der Waals surface area contributed by atoms with Crippen LogP contribution in [0.5, 0.6) is 5.75 Å². The molecule has 0 radical (unpaired) electrons. The summed E-state index contributed by atoms with van der Waals surface area (Å²) in [7, 11) is 1.66. The number of fused-ring (bicyclic) bond motifs is 2. The average molecular weight is 491 g/mol. The molecule has 0 aliphatic carbocycles. The maximum Gasteiger partial charge on any atom is 0.184 e. The number of hydrogen-bond donors (Lipinski definition) is 0. The van der Waals surface area contributed by atoms with Gasteiger partial charge < -0.3 is 9.64 Å². The molecule has 0 atom stereocenters. The standard InChI is InChI=1S/C22H23ClN4OS3/c1-4-26(5-2)10-11-30-21-25-27(22(29)31-21)20-16-8-6-14(23)12-19(16)24-18-9-7-15(28-3)13-17(18)20/h6-9,12-13H,4-5,10-11H2,1-3H3. The fourth-order valence-electron chi connectivity index (χ4n) is 3.49. The first kappa shape index (κ1) is 22.5. The second kappa shape index (κ2) is 9.83. The van der Waals surface area contributed by atoms with E-state index in [1.54, 1.807) is 18.9 Å². The molecule has 0 aliphatic heterocycles. The number of pyridine rings is 1. The van der Waals surface area contributed by atoms with Gasteiger partial charge in [-0.3, -0.25) is 0 Å². The summed E-state index contributed by atoms with van der Waals surface area (Å²) >= 11 is 15.3. The molecule has 162 valence electrons. The van der Waals surface area contributed by atoms with E-state index >= 15 is 0 Å². The van der Waals surface area contributed by atoms with Crippen molar-refractivity contribution in [3.8, 4) is 11.4 Å². The van der Waals surface area contributed by atoms with Crippen molar-refractivity contribution in [2.45, 2.75) is 18.2 Å². The van der Waals surface area contributed by atoms with Gasteiger partial charge in [-0.2, -0.15) is 0 Å². The molecule has 2 aromatic heterocycles. The summed E-state index contributed by atoms with van der Waals surface area (Å²) in [5.74, 6) is 1.74. The molecule has 9 heteroatoms. The van der Waals surface area contributed by atoms with Crippen LogP contribution in [0.4, 0.5) is 0 Å². The van der Waals surface area contributed by atoms with Crippen molar-refractivity contribution in [1.29, 1.82) is 0 Å². The van der Waals surface area contributed by atoms with Gasteiger partial charge in [-0.05, 0) is 61.7 Å². The van der Waals surface area contributed by atoms with Crippen LogP contribution in [0.1, 0.15) is 13.8 Å². The van der Waals surface area contributed by atoms with Gasteiger partial charge in [0.05, 0.1) is 23.8 Å². The maximum absolute atomic E-state index is 6.25. The lowest BCUT2D eigenvalue weighted by molar-refractivity contribution is 0.324. The minimum Gasteiger partial charge on any atom is -0.497 e. The highest BCUT2D eigenvalue weighted by molar-refractivity contribution is 8.01. The summed E-state index contributed by atoms with van der Waals surface area (Å²) < 4.78 is 9.00. The van der Waals surface area contributed by atoms with Crippen LogP contribution in [0.15, 0.2) is 40.7 Å². The minimum atomic E-state index is 0.647. The van der Waals surface area contributed by atoms with Gasteiger partial charge in [-0.15, -0.1) is 5.10 Å². The highest BCUT2D eigenvalue weighted by Gasteiger charge is 2.16. The van der Waals surface area contributed by atoms with Crippen molar-refractivity contribution < 1.29 is 4.74 Å². The Bertz CT molecular complexity index is 1280. The number of nitrogens with zero attached hydrogens (tertiary/aromatic N) is 4. The van der Waals surface area contributed by atoms with Gasteiger partial charge >= 0.3 is 0 Å². The van der Waals surface area contributed by atoms with Gasteiger partial charge in [0.25, 0.3) is 0 Å². The average Bonchev–Trinajstić information content (AvgIpc) is 3.14. The second-order valence-corrected chi connectivity index (χ2v) is 10.3. The molecule has 2 aromatic carbocycles. The van der Waals surface area contributed by atoms with Crippen LogP contribution in [-0.4, -0.2) is 52.2 Å². The zero-order chi connectivity index (χ0) is 22.0. The Morgan fingerprint density at radius 1 is 1.13 bits per heavy atom. The Kier molecular flexibility index (Phi) is 7.13.